The van der Waals surface area contributed by atoms with E-state index in [-0.39, 0.29) is 5.91 Å². The number of carbonyl (C=O) groups is 1. The summed E-state index contributed by atoms with van der Waals surface area (Å²) in [5.74, 6) is 0.537. The Bertz CT molecular complexity index is 1080. The van der Waals surface area contributed by atoms with Crippen LogP contribution in [0.2, 0.25) is 0 Å². The van der Waals surface area contributed by atoms with Crippen LogP contribution in [0.25, 0.3) is 17.4 Å². The van der Waals surface area contributed by atoms with Gasteiger partial charge in [-0.25, -0.2) is 4.39 Å². The van der Waals surface area contributed by atoms with E-state index >= 15 is 0 Å². The van der Waals surface area contributed by atoms with Crippen LogP contribution in [0, 0.1) is 5.82 Å². The maximum atomic E-state index is 13.5. The molecule has 0 bridgehead atoms. The van der Waals surface area contributed by atoms with Crippen LogP contribution in [0.15, 0.2) is 74.5 Å². The minimum atomic E-state index is -0.421. The van der Waals surface area contributed by atoms with Crippen molar-refractivity contribution in [3.63, 3.8) is 0 Å². The lowest BCUT2D eigenvalue weighted by Crippen LogP contribution is -2.27. The number of hydrogen-bond donors (Lipinski definition) is 0. The lowest BCUT2D eigenvalue weighted by molar-refractivity contribution is -0.113. The summed E-state index contributed by atoms with van der Waals surface area (Å²) in [6, 6.07) is 17.2. The molecule has 2 aromatic carbocycles. The zero-order valence-corrected chi connectivity index (χ0v) is 16.9. The monoisotopic (exact) mass is 459 g/mol. The molecule has 1 aliphatic rings. The van der Waals surface area contributed by atoms with Gasteiger partial charge in [-0.05, 0) is 42.5 Å². The molecule has 0 unspecified atom stereocenters. The van der Waals surface area contributed by atoms with Gasteiger partial charge in [0, 0.05) is 16.1 Å². The van der Waals surface area contributed by atoms with E-state index in [2.05, 4.69) is 15.9 Å². The SMILES string of the molecule is O=C1/C(=C/c2ccc(-c3ccc(Br)cc3)o2)SC(=S)N1c1cccc(F)c1. The number of furan rings is 1. The van der Waals surface area contributed by atoms with E-state index in [1.54, 1.807) is 24.3 Å². The third-order valence-corrected chi connectivity index (χ3v) is 5.72. The maximum Gasteiger partial charge on any atom is 0.270 e. The smallest absolute Gasteiger partial charge is 0.270 e. The molecular weight excluding hydrogens is 449 g/mol. The number of amides is 1. The number of rotatable bonds is 3. The topological polar surface area (TPSA) is 33.5 Å². The van der Waals surface area contributed by atoms with Gasteiger partial charge in [0.15, 0.2) is 4.32 Å². The Labute approximate surface area is 173 Å². The van der Waals surface area contributed by atoms with Crippen molar-refractivity contribution in [3.05, 3.63) is 81.6 Å². The van der Waals surface area contributed by atoms with Gasteiger partial charge < -0.3 is 4.42 Å². The van der Waals surface area contributed by atoms with Gasteiger partial charge in [0.2, 0.25) is 0 Å². The van der Waals surface area contributed by atoms with Crippen LogP contribution in [-0.2, 0) is 4.79 Å². The van der Waals surface area contributed by atoms with Crippen molar-refractivity contribution >= 4 is 61.9 Å². The van der Waals surface area contributed by atoms with Gasteiger partial charge in [-0.3, -0.25) is 9.69 Å². The number of carbonyl (C=O) groups excluding carboxylic acids is 1. The summed E-state index contributed by atoms with van der Waals surface area (Å²) in [6.07, 6.45) is 1.65. The highest BCUT2D eigenvalue weighted by Gasteiger charge is 2.33. The number of thioether (sulfide) groups is 1. The Morgan fingerprint density at radius 3 is 2.63 bits per heavy atom. The van der Waals surface area contributed by atoms with Crippen LogP contribution in [-0.4, -0.2) is 10.2 Å². The van der Waals surface area contributed by atoms with E-state index in [4.69, 9.17) is 16.6 Å². The molecule has 1 fully saturated rings. The van der Waals surface area contributed by atoms with Crippen molar-refractivity contribution in [3.8, 4) is 11.3 Å². The standard InChI is InChI=1S/C20H11BrFNO2S2/c21-13-6-4-12(5-7-13)17-9-8-16(25-17)11-18-19(24)23(20(26)27-18)15-3-1-2-14(22)10-15/h1-11H/b18-11-. The predicted molar refractivity (Wildman–Crippen MR) is 114 cm³/mol. The molecule has 134 valence electrons. The molecular formula is C20H11BrFNO2S2. The molecule has 2 heterocycles. The fourth-order valence-electron chi connectivity index (χ4n) is 2.63. The summed E-state index contributed by atoms with van der Waals surface area (Å²) in [4.78, 5) is 14.5. The molecule has 0 N–H and O–H groups in total. The highest BCUT2D eigenvalue weighted by molar-refractivity contribution is 9.10. The lowest BCUT2D eigenvalue weighted by Gasteiger charge is -2.14. The van der Waals surface area contributed by atoms with Crippen LogP contribution >= 0.6 is 39.9 Å². The van der Waals surface area contributed by atoms with Gasteiger partial charge in [0.05, 0.1) is 10.6 Å². The first-order chi connectivity index (χ1) is 13.0. The first-order valence-electron chi connectivity index (χ1n) is 7.90. The fraction of sp³-hybridized carbons (Fsp3) is 0. The molecule has 1 saturated heterocycles. The average molecular weight is 460 g/mol. The first-order valence-corrected chi connectivity index (χ1v) is 9.92. The van der Waals surface area contributed by atoms with Crippen molar-refractivity contribution in [1.29, 1.82) is 0 Å². The molecule has 1 aliphatic heterocycles. The number of thiocarbonyl (C=S) groups is 1. The third-order valence-electron chi connectivity index (χ3n) is 3.89. The molecule has 7 heteroatoms. The number of halogens is 2. The average Bonchev–Trinajstić information content (AvgIpc) is 3.21. The second-order valence-electron chi connectivity index (χ2n) is 5.71. The third kappa shape index (κ3) is 3.76. The predicted octanol–water partition coefficient (Wildman–Crippen LogP) is 6.25. The first kappa shape index (κ1) is 18.2. The molecule has 1 amide bonds. The van der Waals surface area contributed by atoms with E-state index in [0.717, 1.165) is 21.8 Å². The number of benzene rings is 2. The summed E-state index contributed by atoms with van der Waals surface area (Å²) < 4.78 is 20.7. The van der Waals surface area contributed by atoms with Gasteiger partial charge in [-0.15, -0.1) is 0 Å². The number of anilines is 1. The van der Waals surface area contributed by atoms with Crippen molar-refractivity contribution in [2.24, 2.45) is 0 Å². The van der Waals surface area contributed by atoms with E-state index in [9.17, 15) is 9.18 Å². The quantitative estimate of drug-likeness (QED) is 0.342. The van der Waals surface area contributed by atoms with Crippen molar-refractivity contribution in [1.82, 2.24) is 0 Å². The van der Waals surface area contributed by atoms with Crippen LogP contribution in [0.3, 0.4) is 0 Å². The lowest BCUT2D eigenvalue weighted by atomic mass is 10.2. The van der Waals surface area contributed by atoms with E-state index in [0.29, 0.717) is 26.4 Å². The molecule has 0 radical (unpaired) electrons. The second-order valence-corrected chi connectivity index (χ2v) is 8.30. The Hall–Kier alpha value is -2.22. The minimum absolute atomic E-state index is 0.294. The van der Waals surface area contributed by atoms with Gasteiger partial charge in [0.1, 0.15) is 17.3 Å². The van der Waals surface area contributed by atoms with Crippen molar-refractivity contribution in [2.75, 3.05) is 4.90 Å². The Kier molecular flexibility index (Phi) is 4.99. The van der Waals surface area contributed by atoms with E-state index in [1.165, 1.54) is 17.0 Å². The van der Waals surface area contributed by atoms with Gasteiger partial charge in [0.25, 0.3) is 5.91 Å². The number of nitrogens with zero attached hydrogens (tertiary/aromatic N) is 1. The van der Waals surface area contributed by atoms with Crippen LogP contribution < -0.4 is 4.90 Å². The van der Waals surface area contributed by atoms with Crippen LogP contribution in [0.5, 0.6) is 0 Å². The molecule has 1 aromatic heterocycles. The summed E-state index contributed by atoms with van der Waals surface area (Å²) in [5, 5.41) is 0. The Morgan fingerprint density at radius 1 is 1.11 bits per heavy atom. The van der Waals surface area contributed by atoms with Crippen molar-refractivity contribution < 1.29 is 13.6 Å². The largest absolute Gasteiger partial charge is 0.457 e. The van der Waals surface area contributed by atoms with Crippen LogP contribution in [0.4, 0.5) is 10.1 Å². The van der Waals surface area contributed by atoms with E-state index in [1.807, 2.05) is 30.3 Å². The Morgan fingerprint density at radius 2 is 1.89 bits per heavy atom. The van der Waals surface area contributed by atoms with Gasteiger partial charge in [-0.1, -0.05) is 58.1 Å². The molecule has 4 rings (SSSR count). The zero-order valence-electron chi connectivity index (χ0n) is 13.7. The van der Waals surface area contributed by atoms with E-state index < -0.39 is 5.82 Å². The zero-order chi connectivity index (χ0) is 19.0. The molecule has 0 saturated carbocycles. The molecule has 0 spiro atoms. The van der Waals surface area contributed by atoms with Gasteiger partial charge >= 0.3 is 0 Å². The summed E-state index contributed by atoms with van der Waals surface area (Å²) in [5.41, 5.74) is 1.35. The summed E-state index contributed by atoms with van der Waals surface area (Å²) in [6.45, 7) is 0. The maximum absolute atomic E-state index is 13.5. The minimum Gasteiger partial charge on any atom is -0.457 e. The summed E-state index contributed by atoms with van der Waals surface area (Å²) >= 11 is 9.87. The molecule has 0 atom stereocenters. The molecule has 3 nitrogen and oxygen atoms in total. The Balaban J connectivity index is 1.61. The normalized spacial score (nSPS) is 15.8. The number of hydrogen-bond acceptors (Lipinski definition) is 4. The van der Waals surface area contributed by atoms with Crippen LogP contribution in [0.1, 0.15) is 5.76 Å². The molecule has 27 heavy (non-hydrogen) atoms. The molecule has 3 aromatic rings. The molecule has 0 aliphatic carbocycles. The van der Waals surface area contributed by atoms with Crippen molar-refractivity contribution in [2.45, 2.75) is 0 Å². The highest BCUT2D eigenvalue weighted by atomic mass is 79.9. The highest BCUT2D eigenvalue weighted by Crippen LogP contribution is 2.36. The second kappa shape index (κ2) is 7.42. The van der Waals surface area contributed by atoms with Gasteiger partial charge in [-0.2, -0.15) is 0 Å². The summed E-state index contributed by atoms with van der Waals surface area (Å²) in [7, 11) is 0. The fourth-order valence-corrected chi connectivity index (χ4v) is 4.18.